The highest BCUT2D eigenvalue weighted by molar-refractivity contribution is 7.13. The zero-order valence-electron chi connectivity index (χ0n) is 14.1. The lowest BCUT2D eigenvalue weighted by Gasteiger charge is -2.32. The van der Waals surface area contributed by atoms with Crippen molar-refractivity contribution in [3.05, 3.63) is 41.4 Å². The quantitative estimate of drug-likeness (QED) is 0.903. The molecule has 0 unspecified atom stereocenters. The van der Waals surface area contributed by atoms with Crippen molar-refractivity contribution in [3.63, 3.8) is 0 Å². The zero-order chi connectivity index (χ0) is 16.9. The zero-order valence-corrected chi connectivity index (χ0v) is 14.9. The monoisotopic (exact) mass is 345 g/mol. The predicted molar refractivity (Wildman–Crippen MR) is 97.0 cm³/mol. The van der Waals surface area contributed by atoms with Crippen LogP contribution in [0.2, 0.25) is 0 Å². The summed E-state index contributed by atoms with van der Waals surface area (Å²) in [5, 5.41) is 6.20. The molecule has 0 aliphatic carbocycles. The fourth-order valence-electron chi connectivity index (χ4n) is 2.81. The number of carbonyl (C=O) groups excluding carboxylic acids is 1. The number of hydrogen-bond donors (Lipinski definition) is 1. The molecular formula is C18H23N3O2S. The van der Waals surface area contributed by atoms with Gasteiger partial charge in [0.2, 0.25) is 0 Å². The van der Waals surface area contributed by atoms with E-state index in [1.807, 2.05) is 49.7 Å². The van der Waals surface area contributed by atoms with E-state index >= 15 is 0 Å². The summed E-state index contributed by atoms with van der Waals surface area (Å²) in [7, 11) is 0. The smallest absolute Gasteiger partial charge is 0.251 e. The Morgan fingerprint density at radius 2 is 2.00 bits per heavy atom. The fourth-order valence-corrected chi connectivity index (χ4v) is 3.51. The minimum Gasteiger partial charge on any atom is -0.491 e. The van der Waals surface area contributed by atoms with Crippen LogP contribution in [-0.2, 0) is 0 Å². The molecule has 24 heavy (non-hydrogen) atoms. The first-order valence-corrected chi connectivity index (χ1v) is 9.22. The Morgan fingerprint density at radius 1 is 1.29 bits per heavy atom. The van der Waals surface area contributed by atoms with E-state index in [-0.39, 0.29) is 18.1 Å². The lowest BCUT2D eigenvalue weighted by molar-refractivity contribution is 0.0931. The number of piperidine rings is 1. The molecule has 0 saturated carbocycles. The topological polar surface area (TPSA) is 54.5 Å². The maximum atomic E-state index is 12.4. The van der Waals surface area contributed by atoms with E-state index in [1.54, 1.807) is 11.3 Å². The highest BCUT2D eigenvalue weighted by atomic mass is 32.1. The van der Waals surface area contributed by atoms with Gasteiger partial charge in [-0.1, -0.05) is 0 Å². The minimum atomic E-state index is -0.0150. The van der Waals surface area contributed by atoms with Gasteiger partial charge < -0.3 is 15.0 Å². The van der Waals surface area contributed by atoms with Crippen molar-refractivity contribution in [1.82, 2.24) is 10.3 Å². The van der Waals surface area contributed by atoms with Gasteiger partial charge in [-0.15, -0.1) is 11.3 Å². The van der Waals surface area contributed by atoms with Crippen LogP contribution < -0.4 is 15.0 Å². The summed E-state index contributed by atoms with van der Waals surface area (Å²) < 4.78 is 5.60. The molecule has 2 heterocycles. The Morgan fingerprint density at radius 3 is 2.58 bits per heavy atom. The summed E-state index contributed by atoms with van der Waals surface area (Å²) in [6, 6.07) is 7.55. The van der Waals surface area contributed by atoms with Crippen LogP contribution in [0.4, 0.5) is 5.13 Å². The Bertz CT molecular complexity index is 647. The van der Waals surface area contributed by atoms with Crippen LogP contribution in [0, 0.1) is 0 Å². The summed E-state index contributed by atoms with van der Waals surface area (Å²) in [5.74, 6) is 0.775. The molecule has 6 heteroatoms. The van der Waals surface area contributed by atoms with E-state index in [9.17, 15) is 4.79 Å². The van der Waals surface area contributed by atoms with Gasteiger partial charge >= 0.3 is 0 Å². The molecule has 5 nitrogen and oxygen atoms in total. The van der Waals surface area contributed by atoms with E-state index in [4.69, 9.17) is 4.74 Å². The number of nitrogens with one attached hydrogen (secondary N) is 1. The predicted octanol–water partition coefficient (Wildman–Crippen LogP) is 3.33. The molecule has 1 aromatic carbocycles. The number of aromatic nitrogens is 1. The SMILES string of the molecule is CC(C)Oc1ccc(C(=O)NC2CCN(c3nccs3)CC2)cc1. The van der Waals surface area contributed by atoms with Crippen molar-refractivity contribution in [2.75, 3.05) is 18.0 Å². The van der Waals surface area contributed by atoms with Crippen LogP contribution in [0.5, 0.6) is 5.75 Å². The van der Waals surface area contributed by atoms with Crippen LogP contribution in [0.3, 0.4) is 0 Å². The Balaban J connectivity index is 1.50. The van der Waals surface area contributed by atoms with Gasteiger partial charge in [0.1, 0.15) is 5.75 Å². The van der Waals surface area contributed by atoms with E-state index in [2.05, 4.69) is 15.2 Å². The van der Waals surface area contributed by atoms with Crippen LogP contribution in [0.15, 0.2) is 35.8 Å². The molecule has 1 amide bonds. The van der Waals surface area contributed by atoms with Gasteiger partial charge in [-0.3, -0.25) is 4.79 Å². The molecular weight excluding hydrogens is 322 g/mol. The molecule has 0 radical (unpaired) electrons. The van der Waals surface area contributed by atoms with E-state index in [0.29, 0.717) is 5.56 Å². The van der Waals surface area contributed by atoms with Crippen LogP contribution in [0.1, 0.15) is 37.0 Å². The highest BCUT2D eigenvalue weighted by Crippen LogP contribution is 2.22. The number of ether oxygens (including phenoxy) is 1. The van der Waals surface area contributed by atoms with Crippen LogP contribution in [-0.4, -0.2) is 36.1 Å². The number of rotatable bonds is 5. The number of hydrogen-bond acceptors (Lipinski definition) is 5. The van der Waals surface area contributed by atoms with Crippen LogP contribution >= 0.6 is 11.3 Å². The first-order valence-electron chi connectivity index (χ1n) is 8.34. The minimum absolute atomic E-state index is 0.0150. The number of amides is 1. The summed E-state index contributed by atoms with van der Waals surface area (Å²) in [6.07, 6.45) is 3.85. The van der Waals surface area contributed by atoms with Crippen molar-refractivity contribution in [2.45, 2.75) is 38.8 Å². The number of nitrogens with zero attached hydrogens (tertiary/aromatic N) is 2. The largest absolute Gasteiger partial charge is 0.491 e. The first kappa shape index (κ1) is 16.8. The summed E-state index contributed by atoms with van der Waals surface area (Å²) >= 11 is 1.66. The number of carbonyl (C=O) groups is 1. The average molecular weight is 345 g/mol. The van der Waals surface area contributed by atoms with Gasteiger partial charge in [-0.05, 0) is 51.0 Å². The first-order chi connectivity index (χ1) is 11.6. The fraction of sp³-hybridized carbons (Fsp3) is 0.444. The van der Waals surface area contributed by atoms with E-state index < -0.39 is 0 Å². The van der Waals surface area contributed by atoms with Gasteiger partial charge in [0.05, 0.1) is 6.10 Å². The van der Waals surface area contributed by atoms with Gasteiger partial charge in [0.25, 0.3) is 5.91 Å². The maximum Gasteiger partial charge on any atom is 0.251 e. The van der Waals surface area contributed by atoms with Crippen molar-refractivity contribution < 1.29 is 9.53 Å². The Kier molecular flexibility index (Phi) is 5.35. The molecule has 0 spiro atoms. The second-order valence-corrected chi connectivity index (χ2v) is 7.11. The van der Waals surface area contributed by atoms with Crippen LogP contribution in [0.25, 0.3) is 0 Å². The third-order valence-corrected chi connectivity index (χ3v) is 4.84. The molecule has 128 valence electrons. The second-order valence-electron chi connectivity index (χ2n) is 6.24. The van der Waals surface area contributed by atoms with Gasteiger partial charge in [-0.2, -0.15) is 0 Å². The lowest BCUT2D eigenvalue weighted by Crippen LogP contribution is -2.44. The molecule has 2 aromatic rings. The summed E-state index contributed by atoms with van der Waals surface area (Å²) in [4.78, 5) is 19.0. The number of benzene rings is 1. The Labute approximate surface area is 146 Å². The van der Waals surface area contributed by atoms with E-state index in [1.165, 1.54) is 0 Å². The average Bonchev–Trinajstić information content (AvgIpc) is 3.10. The van der Waals surface area contributed by atoms with Crippen molar-refractivity contribution in [2.24, 2.45) is 0 Å². The number of thiazole rings is 1. The molecule has 0 bridgehead atoms. The molecule has 1 aromatic heterocycles. The van der Waals surface area contributed by atoms with Crippen molar-refractivity contribution in [1.29, 1.82) is 0 Å². The molecule has 1 aliphatic rings. The molecule has 0 atom stereocenters. The van der Waals surface area contributed by atoms with Gasteiger partial charge in [-0.25, -0.2) is 4.98 Å². The molecule has 1 aliphatic heterocycles. The third kappa shape index (κ3) is 4.26. The standard InChI is InChI=1S/C18H23N3O2S/c1-13(2)23-16-5-3-14(4-6-16)17(22)20-15-7-10-21(11-8-15)18-19-9-12-24-18/h3-6,9,12-13,15H,7-8,10-11H2,1-2H3,(H,20,22). The molecule has 1 N–H and O–H groups in total. The van der Waals surface area contributed by atoms with Crippen molar-refractivity contribution in [3.8, 4) is 5.75 Å². The molecule has 1 saturated heterocycles. The lowest BCUT2D eigenvalue weighted by atomic mass is 10.0. The second kappa shape index (κ2) is 7.66. The van der Waals surface area contributed by atoms with Gasteiger partial charge in [0, 0.05) is 36.3 Å². The van der Waals surface area contributed by atoms with Gasteiger partial charge in [0.15, 0.2) is 5.13 Å². The summed E-state index contributed by atoms with van der Waals surface area (Å²) in [5.41, 5.74) is 0.674. The number of anilines is 1. The molecule has 3 rings (SSSR count). The van der Waals surface area contributed by atoms with E-state index in [0.717, 1.165) is 36.8 Å². The normalized spacial score (nSPS) is 15.5. The Hall–Kier alpha value is -2.08. The van der Waals surface area contributed by atoms with Crippen molar-refractivity contribution >= 4 is 22.4 Å². The summed E-state index contributed by atoms with van der Waals surface area (Å²) in [6.45, 7) is 5.83. The molecule has 1 fully saturated rings. The maximum absolute atomic E-state index is 12.4. The highest BCUT2D eigenvalue weighted by Gasteiger charge is 2.22. The third-order valence-electron chi connectivity index (χ3n) is 4.01.